The minimum absolute atomic E-state index is 0.291. The summed E-state index contributed by atoms with van der Waals surface area (Å²) in [5.74, 6) is -0.697. The predicted octanol–water partition coefficient (Wildman–Crippen LogP) is 2.52. The SMILES string of the molecule is Cc1cc(C)c(C)c(S(=O)(=O)CCS(=O)(=O)C(C)C)c1C. The van der Waals surface area contributed by atoms with Crippen LogP contribution in [-0.2, 0) is 19.7 Å². The minimum atomic E-state index is -3.61. The molecule has 0 amide bonds. The van der Waals surface area contributed by atoms with E-state index in [4.69, 9.17) is 0 Å². The fourth-order valence-electron chi connectivity index (χ4n) is 2.21. The molecule has 0 saturated heterocycles. The molecular formula is C15H24O4S2. The summed E-state index contributed by atoms with van der Waals surface area (Å²) in [6.07, 6.45) is 0. The topological polar surface area (TPSA) is 68.3 Å². The molecule has 0 bridgehead atoms. The maximum absolute atomic E-state index is 12.6. The van der Waals surface area contributed by atoms with Gasteiger partial charge in [0, 0.05) is 0 Å². The average Bonchev–Trinajstić information content (AvgIpc) is 2.34. The summed E-state index contributed by atoms with van der Waals surface area (Å²) >= 11 is 0. The molecule has 6 heteroatoms. The van der Waals surface area contributed by atoms with Gasteiger partial charge in [-0.3, -0.25) is 0 Å². The summed E-state index contributed by atoms with van der Waals surface area (Å²) in [5, 5.41) is -0.561. The van der Waals surface area contributed by atoms with E-state index >= 15 is 0 Å². The monoisotopic (exact) mass is 332 g/mol. The molecular weight excluding hydrogens is 308 g/mol. The second-order valence-electron chi connectivity index (χ2n) is 5.82. The number of sulfone groups is 2. The van der Waals surface area contributed by atoms with Gasteiger partial charge in [-0.25, -0.2) is 16.8 Å². The van der Waals surface area contributed by atoms with Crippen molar-refractivity contribution in [1.29, 1.82) is 0 Å². The van der Waals surface area contributed by atoms with Crippen molar-refractivity contribution in [3.05, 3.63) is 28.3 Å². The molecule has 0 unspecified atom stereocenters. The molecule has 1 aromatic carbocycles. The van der Waals surface area contributed by atoms with Crippen LogP contribution in [0, 0.1) is 27.7 Å². The predicted molar refractivity (Wildman–Crippen MR) is 86.4 cm³/mol. The lowest BCUT2D eigenvalue weighted by Gasteiger charge is -2.16. The molecule has 0 aliphatic rings. The third-order valence-corrected chi connectivity index (χ3v) is 8.41. The Morgan fingerprint density at radius 2 is 1.29 bits per heavy atom. The van der Waals surface area contributed by atoms with Crippen LogP contribution in [0.4, 0.5) is 0 Å². The van der Waals surface area contributed by atoms with Crippen molar-refractivity contribution in [2.24, 2.45) is 0 Å². The Morgan fingerprint density at radius 3 is 1.67 bits per heavy atom. The van der Waals surface area contributed by atoms with Gasteiger partial charge >= 0.3 is 0 Å². The van der Waals surface area contributed by atoms with E-state index in [-0.39, 0.29) is 11.5 Å². The summed E-state index contributed by atoms with van der Waals surface area (Å²) in [5.41, 5.74) is 3.23. The summed E-state index contributed by atoms with van der Waals surface area (Å²) in [4.78, 5) is 0.291. The largest absolute Gasteiger partial charge is 0.229 e. The first-order chi connectivity index (χ1) is 9.40. The highest BCUT2D eigenvalue weighted by Crippen LogP contribution is 2.27. The number of benzene rings is 1. The van der Waals surface area contributed by atoms with E-state index in [1.807, 2.05) is 19.9 Å². The van der Waals surface area contributed by atoms with Crippen LogP contribution in [0.5, 0.6) is 0 Å². The van der Waals surface area contributed by atoms with E-state index in [9.17, 15) is 16.8 Å². The highest BCUT2D eigenvalue weighted by Gasteiger charge is 2.26. The highest BCUT2D eigenvalue weighted by atomic mass is 32.2. The summed E-state index contributed by atoms with van der Waals surface area (Å²) in [6.45, 7) is 10.4. The molecule has 120 valence electrons. The van der Waals surface area contributed by atoms with Crippen molar-refractivity contribution >= 4 is 19.7 Å². The Kier molecular flexibility index (Phi) is 5.26. The first-order valence-corrected chi connectivity index (χ1v) is 10.3. The Hall–Kier alpha value is -0.880. The first kappa shape index (κ1) is 18.2. The van der Waals surface area contributed by atoms with Gasteiger partial charge in [-0.1, -0.05) is 6.07 Å². The van der Waals surface area contributed by atoms with Crippen molar-refractivity contribution in [1.82, 2.24) is 0 Å². The zero-order valence-electron chi connectivity index (χ0n) is 13.5. The van der Waals surface area contributed by atoms with Crippen LogP contribution in [0.15, 0.2) is 11.0 Å². The van der Waals surface area contributed by atoms with Gasteiger partial charge < -0.3 is 0 Å². The van der Waals surface area contributed by atoms with Gasteiger partial charge in [0.2, 0.25) is 0 Å². The lowest BCUT2D eigenvalue weighted by Crippen LogP contribution is -2.24. The molecule has 0 N–H and O–H groups in total. The van der Waals surface area contributed by atoms with Gasteiger partial charge in [0.1, 0.15) is 0 Å². The maximum Gasteiger partial charge on any atom is 0.179 e. The molecule has 0 aromatic heterocycles. The maximum atomic E-state index is 12.6. The Morgan fingerprint density at radius 1 is 0.857 bits per heavy atom. The van der Waals surface area contributed by atoms with Gasteiger partial charge in [0.25, 0.3) is 0 Å². The minimum Gasteiger partial charge on any atom is -0.229 e. The third kappa shape index (κ3) is 3.86. The molecule has 4 nitrogen and oxygen atoms in total. The van der Waals surface area contributed by atoms with Crippen LogP contribution in [0.25, 0.3) is 0 Å². The van der Waals surface area contributed by atoms with Crippen LogP contribution < -0.4 is 0 Å². The molecule has 0 aliphatic heterocycles. The summed E-state index contributed by atoms with van der Waals surface area (Å²) in [7, 11) is -6.98. The fourth-order valence-corrected chi connectivity index (χ4v) is 5.95. The van der Waals surface area contributed by atoms with E-state index < -0.39 is 24.9 Å². The zero-order valence-corrected chi connectivity index (χ0v) is 15.2. The molecule has 0 spiro atoms. The van der Waals surface area contributed by atoms with Crippen molar-refractivity contribution < 1.29 is 16.8 Å². The Labute approximate surface area is 128 Å². The second kappa shape index (κ2) is 6.08. The Balaban J connectivity index is 3.28. The molecule has 0 aliphatic carbocycles. The van der Waals surface area contributed by atoms with Crippen molar-refractivity contribution in [2.75, 3.05) is 11.5 Å². The van der Waals surface area contributed by atoms with Crippen molar-refractivity contribution in [3.63, 3.8) is 0 Å². The number of aryl methyl sites for hydroxylation is 2. The van der Waals surface area contributed by atoms with Crippen molar-refractivity contribution in [3.8, 4) is 0 Å². The van der Waals surface area contributed by atoms with Crippen LogP contribution in [0.2, 0.25) is 0 Å². The number of hydrogen-bond acceptors (Lipinski definition) is 4. The molecule has 0 atom stereocenters. The molecule has 21 heavy (non-hydrogen) atoms. The second-order valence-corrected chi connectivity index (χ2v) is 10.5. The zero-order chi connectivity index (χ0) is 16.6. The number of rotatable bonds is 5. The lowest BCUT2D eigenvalue weighted by atomic mass is 10.0. The summed E-state index contributed by atoms with van der Waals surface area (Å²) in [6, 6.07) is 1.95. The number of hydrogen-bond donors (Lipinski definition) is 0. The van der Waals surface area contributed by atoms with Gasteiger partial charge in [-0.2, -0.15) is 0 Å². The lowest BCUT2D eigenvalue weighted by molar-refractivity contribution is 0.582. The molecule has 1 rings (SSSR count). The van der Waals surface area contributed by atoms with Crippen LogP contribution in [0.1, 0.15) is 36.1 Å². The van der Waals surface area contributed by atoms with Gasteiger partial charge in [0.05, 0.1) is 21.7 Å². The first-order valence-electron chi connectivity index (χ1n) is 6.92. The highest BCUT2D eigenvalue weighted by molar-refractivity contribution is 7.95. The van der Waals surface area contributed by atoms with E-state index in [1.165, 1.54) is 0 Å². The summed E-state index contributed by atoms with van der Waals surface area (Å²) < 4.78 is 48.9. The molecule has 0 radical (unpaired) electrons. The third-order valence-electron chi connectivity index (χ3n) is 3.96. The van der Waals surface area contributed by atoms with Gasteiger partial charge in [-0.05, 0) is 63.8 Å². The van der Waals surface area contributed by atoms with E-state index in [1.54, 1.807) is 27.7 Å². The van der Waals surface area contributed by atoms with Crippen LogP contribution >= 0.6 is 0 Å². The smallest absolute Gasteiger partial charge is 0.179 e. The normalized spacial score (nSPS) is 12.9. The van der Waals surface area contributed by atoms with E-state index in [2.05, 4.69) is 0 Å². The molecule has 1 aromatic rings. The van der Waals surface area contributed by atoms with Gasteiger partial charge in [0.15, 0.2) is 19.7 Å². The van der Waals surface area contributed by atoms with E-state index in [0.29, 0.717) is 16.0 Å². The van der Waals surface area contributed by atoms with Gasteiger partial charge in [-0.15, -0.1) is 0 Å². The van der Waals surface area contributed by atoms with Crippen LogP contribution in [0.3, 0.4) is 0 Å². The molecule has 0 saturated carbocycles. The molecule has 0 fully saturated rings. The quantitative estimate of drug-likeness (QED) is 0.831. The Bertz CT molecular complexity index is 716. The fraction of sp³-hybridized carbons (Fsp3) is 0.600. The van der Waals surface area contributed by atoms with Crippen LogP contribution in [-0.4, -0.2) is 33.6 Å². The standard InChI is InChI=1S/C15H24O4S2/c1-10(2)20(16,17)7-8-21(18,19)15-13(5)11(3)9-12(4)14(15)6/h9-10H,7-8H2,1-6H3. The molecule has 0 heterocycles. The van der Waals surface area contributed by atoms with E-state index in [0.717, 1.165) is 11.1 Å². The van der Waals surface area contributed by atoms with Crippen molar-refractivity contribution in [2.45, 2.75) is 51.7 Å². The average molecular weight is 332 g/mol.